The van der Waals surface area contributed by atoms with Gasteiger partial charge in [0.05, 0.1) is 0 Å². The van der Waals surface area contributed by atoms with Crippen molar-refractivity contribution in [3.63, 3.8) is 0 Å². The number of benzene rings is 6. The largest absolute Gasteiger partial charge is 0.0622 e. The van der Waals surface area contributed by atoms with Crippen molar-refractivity contribution in [2.45, 2.75) is 0 Å². The second-order valence-corrected chi connectivity index (χ2v) is 15.3. The van der Waals surface area contributed by atoms with Crippen LogP contribution in [-0.2, 0) is 0 Å². The molecule has 10 radical (unpaired) electrons. The molecular weight excluding hydrogens is 566 g/mol. The van der Waals surface area contributed by atoms with Crippen molar-refractivity contribution in [3.8, 4) is 0 Å². The number of hydrogen-bond donors (Lipinski definition) is 0. The SMILES string of the molecule is [CH]1[CH][C]([C]2[CH][CH][CH][C]2[P@@](c2ccccc2)c2cccc3ccccc23)[C]([P@@](c2ccccc2)c2cccc3ccccc23)[CH]1. The normalized spacial score (nSPS) is 18.3. The maximum Gasteiger partial charge on any atom is 0.0201 e. The van der Waals surface area contributed by atoms with Crippen LogP contribution in [0.5, 0.6) is 0 Å². The lowest BCUT2D eigenvalue weighted by atomic mass is 9.89. The average molecular weight is 597 g/mol. The molecule has 0 aromatic heterocycles. The van der Waals surface area contributed by atoms with E-state index in [1.807, 2.05) is 0 Å². The molecule has 2 aliphatic carbocycles. The summed E-state index contributed by atoms with van der Waals surface area (Å²) in [6.07, 6.45) is 13.9. The highest BCUT2D eigenvalue weighted by Gasteiger charge is 2.48. The summed E-state index contributed by atoms with van der Waals surface area (Å²) in [6.45, 7) is 0. The summed E-state index contributed by atoms with van der Waals surface area (Å²) in [5.74, 6) is 2.69. The van der Waals surface area contributed by atoms with Gasteiger partial charge in [0.2, 0.25) is 0 Å². The molecule has 2 heteroatoms. The lowest BCUT2D eigenvalue weighted by Crippen LogP contribution is -2.26. The van der Waals surface area contributed by atoms with Crippen LogP contribution in [0.15, 0.2) is 146 Å². The summed E-state index contributed by atoms with van der Waals surface area (Å²) in [5.41, 5.74) is 2.83. The van der Waals surface area contributed by atoms with Crippen molar-refractivity contribution in [3.05, 3.63) is 207 Å². The van der Waals surface area contributed by atoms with Gasteiger partial charge in [-0.25, -0.2) is 0 Å². The first-order valence-corrected chi connectivity index (χ1v) is 17.7. The van der Waals surface area contributed by atoms with Gasteiger partial charge in [0.25, 0.3) is 0 Å². The van der Waals surface area contributed by atoms with Gasteiger partial charge < -0.3 is 0 Å². The monoisotopic (exact) mass is 596 g/mol. The predicted octanol–water partition coefficient (Wildman–Crippen LogP) is 9.02. The van der Waals surface area contributed by atoms with Crippen LogP contribution < -0.4 is 21.2 Å². The molecule has 0 N–H and O–H groups in total. The first kappa shape index (κ1) is 28.2. The van der Waals surface area contributed by atoms with E-state index >= 15 is 0 Å². The molecule has 0 unspecified atom stereocenters. The van der Waals surface area contributed by atoms with Gasteiger partial charge in [0.15, 0.2) is 0 Å². The molecule has 2 fully saturated rings. The van der Waals surface area contributed by atoms with Gasteiger partial charge in [-0.15, -0.1) is 0 Å². The molecule has 2 atom stereocenters. The Morgan fingerprint density at radius 3 is 1.16 bits per heavy atom. The smallest absolute Gasteiger partial charge is 0.0201 e. The standard InChI is InChI=1S/C42H30P2/c1-3-19-33(20-4-1)43(39-27-11-17-31-15-7-9-23-35(31)39)41-29-13-25-37(41)38-26-14-30-42(38)44(34-21-5-2-6-22-34)40-28-12-18-32-16-8-10-24-36(32)40/h1-30H/t43-,44-/m0/s1. The van der Waals surface area contributed by atoms with E-state index in [9.17, 15) is 0 Å². The summed E-state index contributed by atoms with van der Waals surface area (Å²) in [4.78, 5) is 0. The van der Waals surface area contributed by atoms with Crippen LogP contribution in [0.25, 0.3) is 21.5 Å². The summed E-state index contributed by atoms with van der Waals surface area (Å²) < 4.78 is 0. The zero-order valence-corrected chi connectivity index (χ0v) is 26.0. The molecule has 0 amide bonds. The molecule has 0 aliphatic heterocycles. The van der Waals surface area contributed by atoms with Gasteiger partial charge in [-0.2, -0.15) is 0 Å². The topological polar surface area (TPSA) is 0 Å². The molecule has 0 saturated heterocycles. The third kappa shape index (κ3) is 5.21. The van der Waals surface area contributed by atoms with Crippen LogP contribution >= 0.6 is 15.8 Å². The van der Waals surface area contributed by atoms with Crippen LogP contribution in [0, 0.1) is 61.7 Å². The molecule has 44 heavy (non-hydrogen) atoms. The maximum absolute atomic E-state index is 2.37. The molecular formula is C42H30P2. The molecule has 0 bridgehead atoms. The van der Waals surface area contributed by atoms with Crippen LogP contribution in [0.1, 0.15) is 0 Å². The fourth-order valence-electron chi connectivity index (χ4n) is 6.44. The summed E-state index contributed by atoms with van der Waals surface area (Å²) in [6, 6.07) is 53.5. The number of rotatable bonds is 7. The molecule has 6 aromatic carbocycles. The van der Waals surface area contributed by atoms with E-state index < -0.39 is 15.8 Å². The molecule has 8 rings (SSSR count). The van der Waals surface area contributed by atoms with Crippen molar-refractivity contribution in [1.82, 2.24) is 0 Å². The quantitative estimate of drug-likeness (QED) is 0.161. The summed E-state index contributed by atoms with van der Waals surface area (Å²) in [7, 11) is -1.59. The second-order valence-electron chi connectivity index (χ2n) is 11.0. The van der Waals surface area contributed by atoms with E-state index in [-0.39, 0.29) is 0 Å². The summed E-state index contributed by atoms with van der Waals surface area (Å²) in [5, 5.41) is 10.8. The Kier molecular flexibility index (Phi) is 8.07. The zero-order chi connectivity index (χ0) is 29.3. The lowest BCUT2D eigenvalue weighted by molar-refractivity contribution is 1.09. The van der Waals surface area contributed by atoms with Crippen molar-refractivity contribution in [1.29, 1.82) is 0 Å². The first-order chi connectivity index (χ1) is 21.9. The number of fused-ring (bicyclic) bond motifs is 2. The molecule has 208 valence electrons. The van der Waals surface area contributed by atoms with E-state index in [0.29, 0.717) is 0 Å². The highest BCUT2D eigenvalue weighted by Crippen LogP contribution is 2.66. The minimum Gasteiger partial charge on any atom is -0.0622 e. The molecule has 0 nitrogen and oxygen atoms in total. The molecule has 2 saturated carbocycles. The highest BCUT2D eigenvalue weighted by molar-refractivity contribution is 7.77. The van der Waals surface area contributed by atoms with E-state index in [1.54, 1.807) is 0 Å². The predicted molar refractivity (Wildman–Crippen MR) is 192 cm³/mol. The molecule has 6 aromatic rings. The van der Waals surface area contributed by atoms with Gasteiger partial charge >= 0.3 is 0 Å². The van der Waals surface area contributed by atoms with Crippen molar-refractivity contribution in [2.24, 2.45) is 0 Å². The van der Waals surface area contributed by atoms with Crippen LogP contribution in [-0.4, -0.2) is 0 Å². The van der Waals surface area contributed by atoms with E-state index in [4.69, 9.17) is 0 Å². The zero-order valence-electron chi connectivity index (χ0n) is 24.2. The van der Waals surface area contributed by atoms with Gasteiger partial charge in [-0.3, -0.25) is 0 Å². The number of hydrogen-bond acceptors (Lipinski definition) is 0. The third-order valence-corrected chi connectivity index (χ3v) is 13.5. The van der Waals surface area contributed by atoms with Gasteiger partial charge in [-0.05, 0) is 97.1 Å². The van der Waals surface area contributed by atoms with Crippen LogP contribution in [0.2, 0.25) is 0 Å². The van der Waals surface area contributed by atoms with Gasteiger partial charge in [0, 0.05) is 23.2 Å². The Balaban J connectivity index is 1.24. The molecule has 2 aliphatic rings. The minimum atomic E-state index is -0.796. The van der Waals surface area contributed by atoms with Crippen LogP contribution in [0.4, 0.5) is 0 Å². The third-order valence-electron chi connectivity index (χ3n) is 8.40. The molecule has 0 heterocycles. The van der Waals surface area contributed by atoms with E-state index in [0.717, 1.165) is 0 Å². The first-order valence-electron chi connectivity index (χ1n) is 15.0. The average Bonchev–Trinajstić information content (AvgIpc) is 3.76. The van der Waals surface area contributed by atoms with E-state index in [2.05, 4.69) is 184 Å². The fraction of sp³-hybridized carbons (Fsp3) is 0. The Morgan fingerprint density at radius 2 is 0.705 bits per heavy atom. The van der Waals surface area contributed by atoms with Gasteiger partial charge in [-0.1, -0.05) is 146 Å². The second kappa shape index (κ2) is 12.6. The van der Waals surface area contributed by atoms with Crippen LogP contribution in [0.3, 0.4) is 0 Å². The minimum absolute atomic E-state index is 0.796. The maximum atomic E-state index is 2.37. The lowest BCUT2D eigenvalue weighted by Gasteiger charge is -2.37. The van der Waals surface area contributed by atoms with Gasteiger partial charge in [0.1, 0.15) is 0 Å². The van der Waals surface area contributed by atoms with Crippen molar-refractivity contribution >= 4 is 58.6 Å². The Bertz CT molecular complexity index is 1710. The van der Waals surface area contributed by atoms with E-state index in [1.165, 1.54) is 65.9 Å². The van der Waals surface area contributed by atoms with Crippen molar-refractivity contribution in [2.75, 3.05) is 0 Å². The molecule has 0 spiro atoms. The Morgan fingerprint density at radius 1 is 0.318 bits per heavy atom. The summed E-state index contributed by atoms with van der Waals surface area (Å²) >= 11 is 0. The van der Waals surface area contributed by atoms with Crippen molar-refractivity contribution < 1.29 is 0 Å². The Hall–Kier alpha value is -3.30. The highest BCUT2D eigenvalue weighted by atomic mass is 31.1. The Labute approximate surface area is 265 Å². The fourth-order valence-corrected chi connectivity index (χ4v) is 11.7.